The maximum Gasteiger partial charge on any atom is 0.395 e. The molecule has 0 heterocycles. The van der Waals surface area contributed by atoms with Crippen molar-refractivity contribution in [1.82, 2.24) is 0 Å². The van der Waals surface area contributed by atoms with Gasteiger partial charge in [0.1, 0.15) is 52.5 Å². The standard InChI is InChI=1S/C12H17F5O4.C11H15F5O4.C11H16F4O4/c1-4-10(2,3)8(18)20-5-6-21-9(19)11(13,14)7-12(15,16)17;1-3-7(2)8(17)19-4-5-20-9(18)10(12,13)6-11(14,15)16;1-3-7(2)9(16)18-4-5-19-10(17)11(14,15)6-8(12)13/h4-7H2,1-3H3;7H,3-6H2,1-2H3;7-8H,3-6H2,1-2H3. The molecule has 26 heteroatoms. The topological polar surface area (TPSA) is 158 Å². The van der Waals surface area contributed by atoms with E-state index in [2.05, 4.69) is 28.4 Å². The molecule has 0 aliphatic rings. The van der Waals surface area contributed by atoms with E-state index in [1.165, 1.54) is 0 Å². The molecule has 354 valence electrons. The van der Waals surface area contributed by atoms with Gasteiger partial charge < -0.3 is 28.4 Å². The van der Waals surface area contributed by atoms with Crippen LogP contribution in [0.1, 0.15) is 87.0 Å². The van der Waals surface area contributed by atoms with Crippen LogP contribution in [0.5, 0.6) is 0 Å². The molecule has 0 aliphatic carbocycles. The average molecular weight is 915 g/mol. The van der Waals surface area contributed by atoms with Gasteiger partial charge in [-0.1, -0.05) is 34.6 Å². The van der Waals surface area contributed by atoms with Crippen molar-refractivity contribution in [3.05, 3.63) is 0 Å². The first-order chi connectivity index (χ1) is 27.0. The van der Waals surface area contributed by atoms with E-state index in [1.54, 1.807) is 48.5 Å². The van der Waals surface area contributed by atoms with Crippen LogP contribution in [0, 0.1) is 17.3 Å². The Morgan fingerprint density at radius 1 is 0.450 bits per heavy atom. The van der Waals surface area contributed by atoms with E-state index < -0.39 is 136 Å². The Kier molecular flexibility index (Phi) is 27.0. The summed E-state index contributed by atoms with van der Waals surface area (Å²) in [6.45, 7) is 8.16. The van der Waals surface area contributed by atoms with Crippen LogP contribution in [-0.2, 0) is 57.2 Å². The summed E-state index contributed by atoms with van der Waals surface area (Å²) in [5.41, 5.74) is -0.787. The zero-order valence-electron chi connectivity index (χ0n) is 33.4. The summed E-state index contributed by atoms with van der Waals surface area (Å²) in [5, 5.41) is 0. The number of carbonyl (C=O) groups excluding carboxylic acids is 6. The maximum atomic E-state index is 12.8. The Labute approximate surface area is 335 Å². The van der Waals surface area contributed by atoms with Crippen LogP contribution >= 0.6 is 0 Å². The van der Waals surface area contributed by atoms with Crippen molar-refractivity contribution in [2.75, 3.05) is 39.6 Å². The summed E-state index contributed by atoms with van der Waals surface area (Å²) in [6, 6.07) is 0. The minimum absolute atomic E-state index is 0.351. The molecule has 0 amide bonds. The van der Waals surface area contributed by atoms with Crippen molar-refractivity contribution >= 4 is 35.8 Å². The monoisotopic (exact) mass is 914 g/mol. The molecule has 0 saturated heterocycles. The first-order valence-corrected chi connectivity index (χ1v) is 17.6. The normalized spacial score (nSPS) is 13.3. The molecule has 0 bridgehead atoms. The lowest BCUT2D eigenvalue weighted by Crippen LogP contribution is -2.36. The second kappa shape index (κ2) is 26.9. The van der Waals surface area contributed by atoms with Crippen molar-refractivity contribution < 1.29 is 119 Å². The van der Waals surface area contributed by atoms with Gasteiger partial charge in [-0.05, 0) is 33.1 Å². The highest BCUT2D eigenvalue weighted by Gasteiger charge is 2.51. The van der Waals surface area contributed by atoms with Crippen molar-refractivity contribution in [3.8, 4) is 0 Å². The van der Waals surface area contributed by atoms with Crippen molar-refractivity contribution in [3.63, 3.8) is 0 Å². The second-order valence-electron chi connectivity index (χ2n) is 13.0. The van der Waals surface area contributed by atoms with Gasteiger partial charge in [-0.15, -0.1) is 0 Å². The highest BCUT2D eigenvalue weighted by molar-refractivity contribution is 5.79. The number of esters is 6. The third-order valence-corrected chi connectivity index (χ3v) is 7.29. The molecule has 0 rings (SSSR count). The fraction of sp³-hybridized carbons (Fsp3) is 0.824. The van der Waals surface area contributed by atoms with Gasteiger partial charge in [-0.2, -0.15) is 52.7 Å². The van der Waals surface area contributed by atoms with Gasteiger partial charge >= 0.3 is 65.9 Å². The smallest absolute Gasteiger partial charge is 0.395 e. The Balaban J connectivity index is -0.000000813. The molecular formula is C34H48F14O12. The third-order valence-electron chi connectivity index (χ3n) is 7.29. The minimum Gasteiger partial charge on any atom is -0.462 e. The zero-order chi connectivity index (χ0) is 47.9. The highest BCUT2D eigenvalue weighted by atomic mass is 19.4. The summed E-state index contributed by atoms with van der Waals surface area (Å²) >= 11 is 0. The summed E-state index contributed by atoms with van der Waals surface area (Å²) in [6.07, 6.45) is -19.3. The molecular weight excluding hydrogens is 866 g/mol. The fourth-order valence-corrected chi connectivity index (χ4v) is 3.02. The number of hydrogen-bond donors (Lipinski definition) is 0. The molecule has 0 aliphatic heterocycles. The van der Waals surface area contributed by atoms with Crippen LogP contribution in [-0.4, -0.2) is 112 Å². The SMILES string of the molecule is CCC(C)(C)C(=O)OCCOC(=O)C(F)(F)CC(F)(F)F.CCC(C)C(=O)OCCOC(=O)C(F)(F)CC(F)(F)F.CCC(C)C(=O)OCCOC(=O)C(F)(F)CC(F)F. The van der Waals surface area contributed by atoms with E-state index in [0.29, 0.717) is 19.3 Å². The van der Waals surface area contributed by atoms with E-state index in [4.69, 9.17) is 0 Å². The largest absolute Gasteiger partial charge is 0.462 e. The molecule has 0 N–H and O–H groups in total. The fourth-order valence-electron chi connectivity index (χ4n) is 3.02. The Morgan fingerprint density at radius 2 is 0.717 bits per heavy atom. The number of carbonyl (C=O) groups is 6. The van der Waals surface area contributed by atoms with Crippen LogP contribution in [0.15, 0.2) is 0 Å². The zero-order valence-corrected chi connectivity index (χ0v) is 33.4. The Morgan fingerprint density at radius 3 is 0.967 bits per heavy atom. The van der Waals surface area contributed by atoms with Crippen LogP contribution in [0.4, 0.5) is 61.5 Å². The van der Waals surface area contributed by atoms with Gasteiger partial charge in [0, 0.05) is 0 Å². The maximum absolute atomic E-state index is 12.8. The molecule has 2 atom stereocenters. The van der Waals surface area contributed by atoms with Crippen LogP contribution in [0.2, 0.25) is 0 Å². The van der Waals surface area contributed by atoms with E-state index in [-0.39, 0.29) is 12.5 Å². The predicted molar refractivity (Wildman–Crippen MR) is 176 cm³/mol. The Bertz CT molecular complexity index is 1340. The Hall–Kier alpha value is -4.16. The number of alkyl halides is 14. The molecule has 0 saturated carbocycles. The van der Waals surface area contributed by atoms with Gasteiger partial charge in [0.2, 0.25) is 6.43 Å². The van der Waals surface area contributed by atoms with Gasteiger partial charge in [0.05, 0.1) is 23.7 Å². The van der Waals surface area contributed by atoms with E-state index in [9.17, 15) is 90.2 Å². The molecule has 0 aromatic heterocycles. The van der Waals surface area contributed by atoms with Gasteiger partial charge in [-0.25, -0.2) is 23.2 Å². The third kappa shape index (κ3) is 28.3. The lowest BCUT2D eigenvalue weighted by Gasteiger charge is -2.20. The van der Waals surface area contributed by atoms with Gasteiger partial charge in [-0.3, -0.25) is 14.4 Å². The van der Waals surface area contributed by atoms with Gasteiger partial charge in [0.25, 0.3) is 0 Å². The van der Waals surface area contributed by atoms with E-state index >= 15 is 0 Å². The lowest BCUT2D eigenvalue weighted by atomic mass is 9.91. The molecule has 60 heavy (non-hydrogen) atoms. The first-order valence-electron chi connectivity index (χ1n) is 17.6. The summed E-state index contributed by atoms with van der Waals surface area (Å²) in [5.74, 6) is -22.7. The summed E-state index contributed by atoms with van der Waals surface area (Å²) in [7, 11) is 0. The van der Waals surface area contributed by atoms with Crippen molar-refractivity contribution in [2.45, 2.75) is 124 Å². The average Bonchev–Trinajstić information content (AvgIpc) is 3.10. The molecule has 12 nitrogen and oxygen atoms in total. The number of hydrogen-bond acceptors (Lipinski definition) is 12. The van der Waals surface area contributed by atoms with Crippen molar-refractivity contribution in [2.24, 2.45) is 17.3 Å². The minimum atomic E-state index is -5.19. The number of ether oxygens (including phenoxy) is 6. The molecule has 2 unspecified atom stereocenters. The number of halogens is 14. The molecule has 0 fully saturated rings. The molecule has 0 aromatic carbocycles. The van der Waals surface area contributed by atoms with Crippen LogP contribution in [0.25, 0.3) is 0 Å². The summed E-state index contributed by atoms with van der Waals surface area (Å²) < 4.78 is 197. The predicted octanol–water partition coefficient (Wildman–Crippen LogP) is 8.21. The van der Waals surface area contributed by atoms with Crippen LogP contribution in [0.3, 0.4) is 0 Å². The van der Waals surface area contributed by atoms with E-state index in [0.717, 1.165) is 0 Å². The lowest BCUT2D eigenvalue weighted by molar-refractivity contribution is -0.209. The molecule has 0 radical (unpaired) electrons. The van der Waals surface area contributed by atoms with Crippen LogP contribution < -0.4 is 0 Å². The quantitative estimate of drug-likeness (QED) is 0.0445. The highest BCUT2D eigenvalue weighted by Crippen LogP contribution is 2.33. The number of rotatable bonds is 22. The molecule has 0 aromatic rings. The molecule has 0 spiro atoms. The van der Waals surface area contributed by atoms with Crippen molar-refractivity contribution in [1.29, 1.82) is 0 Å². The summed E-state index contributed by atoms with van der Waals surface area (Å²) in [4.78, 5) is 66.1. The van der Waals surface area contributed by atoms with Gasteiger partial charge in [0.15, 0.2) is 0 Å². The van der Waals surface area contributed by atoms with E-state index in [1.807, 2.05) is 0 Å². The second-order valence-corrected chi connectivity index (χ2v) is 13.0. The first kappa shape index (κ1) is 60.1.